The van der Waals surface area contributed by atoms with Gasteiger partial charge in [-0.2, -0.15) is 0 Å². The summed E-state index contributed by atoms with van der Waals surface area (Å²) in [4.78, 5) is 5.30. The topological polar surface area (TPSA) is 45.7 Å². The second-order valence-electron chi connectivity index (χ2n) is 22.5. The summed E-state index contributed by atoms with van der Waals surface area (Å²) in [5.74, 6) is 2.25. The molecule has 7 nitrogen and oxygen atoms in total. The van der Waals surface area contributed by atoms with Gasteiger partial charge in [-0.05, 0) is 112 Å². The number of hydrogen-bond acceptors (Lipinski definition) is 2. The Morgan fingerprint density at radius 1 is 0.410 bits per heavy atom. The van der Waals surface area contributed by atoms with Crippen LogP contribution >= 0.6 is 0 Å². The summed E-state index contributed by atoms with van der Waals surface area (Å²) in [6.07, 6.45) is 5.83. The molecule has 0 saturated heterocycles. The molecule has 16 rings (SSSR count). The van der Waals surface area contributed by atoms with Crippen LogP contribution in [0.1, 0.15) is 26.3 Å². The molecule has 83 heavy (non-hydrogen) atoms. The molecular formula is C76H54N6O. The fourth-order valence-electron chi connectivity index (χ4n) is 12.9. The minimum atomic E-state index is -0.137. The van der Waals surface area contributed by atoms with Crippen LogP contribution in [0.4, 0.5) is 0 Å². The fraction of sp³-hybridized carbons (Fsp3) is 0.0526. The third-order valence-corrected chi connectivity index (χ3v) is 16.6. The number of imidazole rings is 1. The Bertz CT molecular complexity index is 5140. The van der Waals surface area contributed by atoms with E-state index in [0.717, 1.165) is 116 Å². The van der Waals surface area contributed by atoms with Gasteiger partial charge in [-0.25, -0.2) is 4.98 Å². The second kappa shape index (κ2) is 18.9. The van der Waals surface area contributed by atoms with E-state index >= 15 is 0 Å². The zero-order valence-corrected chi connectivity index (χ0v) is 46.1. The lowest BCUT2D eigenvalue weighted by Gasteiger charge is -2.20. The number of nitrogens with zero attached hydrogens (tertiary/aromatic N) is 6. The molecule has 0 N–H and O–H groups in total. The number of benzene rings is 11. The van der Waals surface area contributed by atoms with E-state index in [9.17, 15) is 0 Å². The molecule has 16 aromatic rings. The maximum Gasteiger partial charge on any atom is 0.269 e. The van der Waals surface area contributed by atoms with Crippen molar-refractivity contribution in [2.75, 3.05) is 0 Å². The van der Waals surface area contributed by atoms with Gasteiger partial charge >= 0.3 is 0 Å². The predicted molar refractivity (Wildman–Crippen MR) is 341 cm³/mol. The largest absolute Gasteiger partial charge is 0.458 e. The van der Waals surface area contributed by atoms with Gasteiger partial charge in [-0.15, -0.1) is 0 Å². The Labute approximate surface area is 480 Å². The van der Waals surface area contributed by atoms with Crippen molar-refractivity contribution in [3.05, 3.63) is 285 Å². The van der Waals surface area contributed by atoms with Crippen LogP contribution in [0.25, 0.3) is 127 Å². The van der Waals surface area contributed by atoms with E-state index in [1.54, 1.807) is 0 Å². The molecule has 0 aliphatic rings. The Balaban J connectivity index is 0.943. The van der Waals surface area contributed by atoms with Crippen LogP contribution in [0, 0.1) is 6.33 Å². The number of fused-ring (bicyclic) bond motifs is 13. The van der Waals surface area contributed by atoms with Crippen LogP contribution in [0.5, 0.6) is 11.5 Å². The first-order valence-corrected chi connectivity index (χ1v) is 28.4. The third kappa shape index (κ3) is 7.65. The molecule has 0 aliphatic carbocycles. The maximum atomic E-state index is 7.13. The van der Waals surface area contributed by atoms with E-state index in [4.69, 9.17) is 9.72 Å². The highest BCUT2D eigenvalue weighted by molar-refractivity contribution is 6.40. The standard InChI is InChI=1S/C76H54N6O/c1-76(2,3)52-44-45-77-68(46-52)82-67-48-57(83-56-33-22-32-55(47-56)78-49-79(66-41-21-20-40-65(66)78)72-58(50-24-8-4-9-25-50)36-23-37-59(72)51-26-10-5-11-27-51)42-43-62(67)69-70-60-34-16-18-38-63(60)80(53-28-12-6-13-29-53)74(70)75-71(73(69)82)61-35-17-19-39-64(61)81(75)54-30-14-7-15-31-54/h4-48H,1-3H3. The van der Waals surface area contributed by atoms with Crippen LogP contribution in [-0.4, -0.2) is 23.3 Å². The molecule has 7 heteroatoms. The van der Waals surface area contributed by atoms with Crippen LogP contribution in [0.3, 0.4) is 0 Å². The summed E-state index contributed by atoms with van der Waals surface area (Å²) in [5.41, 5.74) is 18.4. The average Bonchev–Trinajstić information content (AvgIpc) is 1.56. The summed E-state index contributed by atoms with van der Waals surface area (Å²) in [6.45, 7) is 6.81. The summed E-state index contributed by atoms with van der Waals surface area (Å²) in [6, 6.07) is 95.2. The highest BCUT2D eigenvalue weighted by atomic mass is 16.5. The summed E-state index contributed by atoms with van der Waals surface area (Å²) in [5, 5.41) is 6.92. The van der Waals surface area contributed by atoms with Gasteiger partial charge in [0.15, 0.2) is 0 Å². The molecule has 0 saturated carbocycles. The molecule has 0 fully saturated rings. The molecule has 394 valence electrons. The van der Waals surface area contributed by atoms with Gasteiger partial charge in [0.1, 0.15) is 17.3 Å². The Morgan fingerprint density at radius 3 is 1.57 bits per heavy atom. The molecule has 11 aromatic carbocycles. The van der Waals surface area contributed by atoms with Gasteiger partial charge in [-0.3, -0.25) is 13.7 Å². The minimum Gasteiger partial charge on any atom is -0.458 e. The van der Waals surface area contributed by atoms with Gasteiger partial charge in [0.25, 0.3) is 6.33 Å². The highest BCUT2D eigenvalue weighted by Crippen LogP contribution is 2.51. The van der Waals surface area contributed by atoms with Crippen LogP contribution in [-0.2, 0) is 5.41 Å². The summed E-state index contributed by atoms with van der Waals surface area (Å²) >= 11 is 0. The van der Waals surface area contributed by atoms with E-state index in [2.05, 4.69) is 311 Å². The maximum absolute atomic E-state index is 7.13. The average molecular weight is 1070 g/mol. The monoisotopic (exact) mass is 1070 g/mol. The van der Waals surface area contributed by atoms with Gasteiger partial charge in [0, 0.05) is 56.0 Å². The number of aromatic nitrogens is 6. The van der Waals surface area contributed by atoms with E-state index in [0.29, 0.717) is 11.5 Å². The molecule has 0 radical (unpaired) electrons. The van der Waals surface area contributed by atoms with Crippen molar-refractivity contribution >= 4 is 76.5 Å². The van der Waals surface area contributed by atoms with Gasteiger partial charge in [0.05, 0.1) is 55.5 Å². The van der Waals surface area contributed by atoms with Crippen molar-refractivity contribution in [2.24, 2.45) is 0 Å². The first-order chi connectivity index (χ1) is 40.9. The van der Waals surface area contributed by atoms with Gasteiger partial charge < -0.3 is 13.9 Å². The van der Waals surface area contributed by atoms with Crippen molar-refractivity contribution in [2.45, 2.75) is 26.2 Å². The molecule has 0 amide bonds. The van der Waals surface area contributed by atoms with E-state index in [1.807, 2.05) is 12.3 Å². The Morgan fingerprint density at radius 2 is 0.928 bits per heavy atom. The van der Waals surface area contributed by atoms with Crippen LogP contribution in [0.2, 0.25) is 0 Å². The molecule has 0 bridgehead atoms. The zero-order valence-electron chi connectivity index (χ0n) is 46.1. The van der Waals surface area contributed by atoms with Crippen molar-refractivity contribution in [3.63, 3.8) is 0 Å². The minimum absolute atomic E-state index is 0.137. The Hall–Kier alpha value is -10.8. The zero-order chi connectivity index (χ0) is 55.3. The first-order valence-electron chi connectivity index (χ1n) is 28.4. The van der Waals surface area contributed by atoms with Crippen molar-refractivity contribution in [1.29, 1.82) is 0 Å². The molecule has 0 spiro atoms. The quantitative estimate of drug-likeness (QED) is 0.107. The molecule has 0 aliphatic heterocycles. The van der Waals surface area contributed by atoms with Crippen molar-refractivity contribution in [3.8, 4) is 62.3 Å². The SMILES string of the molecule is CC(C)(C)c1ccnc(-n2c3cc(Oc4cccc(-[n+]5[c-]n(-c6c(-c7ccccc7)cccc6-c6ccccc6)c6ccccc65)c4)ccc3c3c4c5ccccc5n(-c5ccccc5)c4c4c(c5ccccc5n4-c4ccccc4)c32)c1. The van der Waals surface area contributed by atoms with Crippen molar-refractivity contribution < 1.29 is 9.30 Å². The van der Waals surface area contributed by atoms with E-state index < -0.39 is 0 Å². The lowest BCUT2D eigenvalue weighted by molar-refractivity contribution is -0.572. The lowest BCUT2D eigenvalue weighted by Crippen LogP contribution is -2.29. The third-order valence-electron chi connectivity index (χ3n) is 16.6. The predicted octanol–water partition coefficient (Wildman–Crippen LogP) is 18.8. The number of para-hydroxylation sites is 7. The fourth-order valence-corrected chi connectivity index (χ4v) is 12.9. The summed E-state index contributed by atoms with van der Waals surface area (Å²) in [7, 11) is 0. The van der Waals surface area contributed by atoms with E-state index in [1.165, 1.54) is 16.3 Å². The molecule has 5 heterocycles. The molecular weight excluding hydrogens is 1010 g/mol. The summed E-state index contributed by atoms with van der Waals surface area (Å²) < 4.78 is 18.9. The molecule has 0 atom stereocenters. The van der Waals surface area contributed by atoms with E-state index in [-0.39, 0.29) is 5.41 Å². The highest BCUT2D eigenvalue weighted by Gasteiger charge is 2.30. The normalized spacial score (nSPS) is 12.0. The first kappa shape index (κ1) is 48.2. The van der Waals surface area contributed by atoms with Gasteiger partial charge in [-0.1, -0.05) is 203 Å². The lowest BCUT2D eigenvalue weighted by atomic mass is 9.88. The smallest absolute Gasteiger partial charge is 0.269 e. The van der Waals surface area contributed by atoms with Crippen LogP contribution < -0.4 is 9.30 Å². The number of ether oxygens (including phenoxy) is 1. The molecule has 5 aromatic heterocycles. The second-order valence-corrected chi connectivity index (χ2v) is 22.5. The molecule has 0 unspecified atom stereocenters. The van der Waals surface area contributed by atoms with Gasteiger partial charge in [0.2, 0.25) is 0 Å². The number of pyridine rings is 1. The Kier molecular flexibility index (Phi) is 11.0. The number of hydrogen-bond donors (Lipinski definition) is 0. The van der Waals surface area contributed by atoms with Crippen molar-refractivity contribution in [1.82, 2.24) is 23.3 Å². The van der Waals surface area contributed by atoms with Crippen LogP contribution in [0.15, 0.2) is 273 Å². The number of rotatable bonds is 9.